The van der Waals surface area contributed by atoms with E-state index >= 15 is 0 Å². The Bertz CT molecular complexity index is 549. The Hall–Kier alpha value is -1.68. The topological polar surface area (TPSA) is 30.2 Å². The molecule has 98 valence electrons. The van der Waals surface area contributed by atoms with E-state index in [1.807, 2.05) is 60.4 Å². The van der Waals surface area contributed by atoms with Gasteiger partial charge in [0, 0.05) is 22.2 Å². The molecule has 0 amide bonds. The standard InChI is InChI=1S/C15H15BrNO2/c1-17-8-6-13(7-9-17)11-19-15(18)10-12-2-4-14(16)5-3-12/h2-9H,10-11H2,1H3/q+1. The Morgan fingerprint density at radius 3 is 2.37 bits per heavy atom. The van der Waals surface area contributed by atoms with Crippen LogP contribution in [0, 0.1) is 0 Å². The van der Waals surface area contributed by atoms with Crippen molar-refractivity contribution in [2.24, 2.45) is 7.05 Å². The number of hydrogen-bond donors (Lipinski definition) is 0. The summed E-state index contributed by atoms with van der Waals surface area (Å²) in [5, 5.41) is 0. The summed E-state index contributed by atoms with van der Waals surface area (Å²) in [5.74, 6) is -0.212. The summed E-state index contributed by atoms with van der Waals surface area (Å²) in [6.07, 6.45) is 4.16. The second-order valence-corrected chi connectivity index (χ2v) is 5.25. The lowest BCUT2D eigenvalue weighted by Gasteiger charge is -2.04. The molecular weight excluding hydrogens is 306 g/mol. The molecule has 0 bridgehead atoms. The summed E-state index contributed by atoms with van der Waals surface area (Å²) in [5.41, 5.74) is 1.94. The van der Waals surface area contributed by atoms with E-state index in [0.717, 1.165) is 15.6 Å². The Morgan fingerprint density at radius 1 is 1.11 bits per heavy atom. The van der Waals surface area contributed by atoms with Gasteiger partial charge in [-0.25, -0.2) is 4.57 Å². The molecule has 0 spiro atoms. The summed E-state index contributed by atoms with van der Waals surface area (Å²) >= 11 is 3.36. The molecule has 1 aromatic heterocycles. The molecule has 4 heteroatoms. The van der Waals surface area contributed by atoms with Crippen LogP contribution in [-0.2, 0) is 29.6 Å². The molecule has 0 unspecified atom stereocenters. The van der Waals surface area contributed by atoms with Crippen LogP contribution in [0.1, 0.15) is 11.1 Å². The fourth-order valence-corrected chi connectivity index (χ4v) is 1.88. The van der Waals surface area contributed by atoms with Gasteiger partial charge >= 0.3 is 5.97 Å². The maximum absolute atomic E-state index is 11.7. The van der Waals surface area contributed by atoms with E-state index in [-0.39, 0.29) is 5.97 Å². The van der Waals surface area contributed by atoms with Gasteiger partial charge in [0.15, 0.2) is 12.4 Å². The van der Waals surface area contributed by atoms with Crippen molar-refractivity contribution in [3.63, 3.8) is 0 Å². The number of ether oxygens (including phenoxy) is 1. The third kappa shape index (κ3) is 4.48. The first kappa shape index (κ1) is 13.7. The molecule has 0 radical (unpaired) electrons. The molecule has 0 N–H and O–H groups in total. The van der Waals surface area contributed by atoms with E-state index in [0.29, 0.717) is 13.0 Å². The number of carbonyl (C=O) groups excluding carboxylic acids is 1. The Balaban J connectivity index is 1.84. The number of nitrogens with zero attached hydrogens (tertiary/aromatic N) is 1. The number of aryl methyl sites for hydroxylation is 1. The molecule has 0 aliphatic heterocycles. The Labute approximate surface area is 121 Å². The fourth-order valence-electron chi connectivity index (χ4n) is 1.61. The van der Waals surface area contributed by atoms with E-state index in [1.54, 1.807) is 0 Å². The highest BCUT2D eigenvalue weighted by Gasteiger charge is 2.06. The predicted octanol–water partition coefficient (Wildman–Crippen LogP) is 2.56. The molecule has 0 aliphatic rings. The largest absolute Gasteiger partial charge is 0.461 e. The van der Waals surface area contributed by atoms with Crippen molar-refractivity contribution in [1.29, 1.82) is 0 Å². The highest BCUT2D eigenvalue weighted by Crippen LogP contribution is 2.11. The quantitative estimate of drug-likeness (QED) is 0.640. The number of hydrogen-bond acceptors (Lipinski definition) is 2. The SMILES string of the molecule is C[n+]1ccc(COC(=O)Cc2ccc(Br)cc2)cc1. The van der Waals surface area contributed by atoms with Crippen LogP contribution in [0.25, 0.3) is 0 Å². The summed E-state index contributed by atoms with van der Waals surface area (Å²) in [6.45, 7) is 0.316. The van der Waals surface area contributed by atoms with Crippen molar-refractivity contribution in [1.82, 2.24) is 0 Å². The molecule has 2 rings (SSSR count). The summed E-state index contributed by atoms with van der Waals surface area (Å²) in [4.78, 5) is 11.7. The molecule has 0 atom stereocenters. The third-order valence-corrected chi connectivity index (χ3v) is 3.24. The van der Waals surface area contributed by atoms with Gasteiger partial charge in [0.2, 0.25) is 0 Å². The molecule has 1 aromatic carbocycles. The Kier molecular flexibility index (Phi) is 4.68. The summed E-state index contributed by atoms with van der Waals surface area (Å²) in [7, 11) is 1.95. The van der Waals surface area contributed by atoms with Crippen LogP contribution in [0.2, 0.25) is 0 Å². The first-order valence-corrected chi connectivity index (χ1v) is 6.77. The Morgan fingerprint density at radius 2 is 1.74 bits per heavy atom. The van der Waals surface area contributed by atoms with E-state index in [2.05, 4.69) is 15.9 Å². The maximum atomic E-state index is 11.7. The predicted molar refractivity (Wildman–Crippen MR) is 75.3 cm³/mol. The van der Waals surface area contributed by atoms with Gasteiger partial charge in [-0.2, -0.15) is 0 Å². The zero-order chi connectivity index (χ0) is 13.7. The lowest BCUT2D eigenvalue weighted by molar-refractivity contribution is -0.671. The van der Waals surface area contributed by atoms with Crippen molar-refractivity contribution in [3.8, 4) is 0 Å². The fraction of sp³-hybridized carbons (Fsp3) is 0.200. The molecule has 1 heterocycles. The van der Waals surface area contributed by atoms with Crippen molar-refractivity contribution in [2.45, 2.75) is 13.0 Å². The minimum atomic E-state index is -0.212. The van der Waals surface area contributed by atoms with Crippen molar-refractivity contribution in [3.05, 3.63) is 64.4 Å². The lowest BCUT2D eigenvalue weighted by Crippen LogP contribution is -2.26. The molecule has 0 saturated carbocycles. The first-order valence-electron chi connectivity index (χ1n) is 5.98. The number of esters is 1. The van der Waals surface area contributed by atoms with E-state index in [9.17, 15) is 4.79 Å². The van der Waals surface area contributed by atoms with Gasteiger partial charge in [-0.1, -0.05) is 28.1 Å². The smallest absolute Gasteiger partial charge is 0.310 e. The van der Waals surface area contributed by atoms with Gasteiger partial charge in [0.25, 0.3) is 0 Å². The van der Waals surface area contributed by atoms with Crippen LogP contribution in [-0.4, -0.2) is 5.97 Å². The number of aromatic nitrogens is 1. The van der Waals surface area contributed by atoms with Crippen LogP contribution < -0.4 is 4.57 Å². The molecule has 19 heavy (non-hydrogen) atoms. The molecule has 0 aliphatic carbocycles. The molecule has 0 saturated heterocycles. The zero-order valence-electron chi connectivity index (χ0n) is 10.7. The molecule has 2 aromatic rings. The van der Waals surface area contributed by atoms with Crippen molar-refractivity contribution >= 4 is 21.9 Å². The van der Waals surface area contributed by atoms with Gasteiger partial charge in [0.1, 0.15) is 13.7 Å². The van der Waals surface area contributed by atoms with Gasteiger partial charge in [-0.05, 0) is 17.7 Å². The van der Waals surface area contributed by atoms with E-state index in [4.69, 9.17) is 4.74 Å². The van der Waals surface area contributed by atoms with Gasteiger partial charge in [0.05, 0.1) is 6.42 Å². The highest BCUT2D eigenvalue weighted by molar-refractivity contribution is 9.10. The monoisotopic (exact) mass is 320 g/mol. The van der Waals surface area contributed by atoms with Gasteiger partial charge < -0.3 is 4.74 Å². The van der Waals surface area contributed by atoms with Crippen LogP contribution in [0.3, 0.4) is 0 Å². The zero-order valence-corrected chi connectivity index (χ0v) is 12.3. The second kappa shape index (κ2) is 6.48. The number of carbonyl (C=O) groups is 1. The van der Waals surface area contributed by atoms with Crippen LogP contribution in [0.4, 0.5) is 0 Å². The molecule has 0 fully saturated rings. The molecular formula is C15H15BrNO2+. The van der Waals surface area contributed by atoms with Crippen molar-refractivity contribution < 1.29 is 14.1 Å². The van der Waals surface area contributed by atoms with E-state index in [1.165, 1.54) is 0 Å². The van der Waals surface area contributed by atoms with Gasteiger partial charge in [-0.15, -0.1) is 0 Å². The van der Waals surface area contributed by atoms with Gasteiger partial charge in [-0.3, -0.25) is 4.79 Å². The average Bonchev–Trinajstić information content (AvgIpc) is 2.41. The van der Waals surface area contributed by atoms with Crippen LogP contribution in [0.15, 0.2) is 53.3 Å². The third-order valence-electron chi connectivity index (χ3n) is 2.71. The minimum Gasteiger partial charge on any atom is -0.461 e. The average molecular weight is 321 g/mol. The lowest BCUT2D eigenvalue weighted by atomic mass is 10.1. The number of benzene rings is 1. The number of halogens is 1. The molecule has 3 nitrogen and oxygen atoms in total. The van der Waals surface area contributed by atoms with E-state index < -0.39 is 0 Å². The van der Waals surface area contributed by atoms with Crippen molar-refractivity contribution in [2.75, 3.05) is 0 Å². The number of rotatable bonds is 4. The second-order valence-electron chi connectivity index (χ2n) is 4.34. The maximum Gasteiger partial charge on any atom is 0.310 e. The summed E-state index contributed by atoms with van der Waals surface area (Å²) in [6, 6.07) is 11.5. The first-order chi connectivity index (χ1) is 9.13. The minimum absolute atomic E-state index is 0.212. The normalized spacial score (nSPS) is 10.2. The number of pyridine rings is 1. The highest BCUT2D eigenvalue weighted by atomic mass is 79.9. The summed E-state index contributed by atoms with van der Waals surface area (Å²) < 4.78 is 8.18. The van der Waals surface area contributed by atoms with Crippen LogP contribution in [0.5, 0.6) is 0 Å². The van der Waals surface area contributed by atoms with Crippen LogP contribution >= 0.6 is 15.9 Å².